The normalized spacial score (nSPS) is 15.1. The van der Waals surface area contributed by atoms with Crippen molar-refractivity contribution in [3.8, 4) is 0 Å². The maximum atomic E-state index is 9.55. The van der Waals surface area contributed by atoms with Crippen LogP contribution in [0.1, 0.15) is 19.2 Å². The number of aromatic nitrogens is 3. The minimum Gasteiger partial charge on any atom is -0.478 e. The van der Waals surface area contributed by atoms with Gasteiger partial charge in [0, 0.05) is 64.1 Å². The molecule has 3 heterocycles. The number of imidazole rings is 1. The summed E-state index contributed by atoms with van der Waals surface area (Å²) in [5, 5.41) is 15.6. The second kappa shape index (κ2) is 13.6. The highest BCUT2D eigenvalue weighted by atomic mass is 16.5. The molecule has 1 aliphatic rings. The van der Waals surface area contributed by atoms with Crippen molar-refractivity contribution in [2.75, 3.05) is 53.0 Å². The second-order valence-corrected chi connectivity index (χ2v) is 7.48. The average Bonchev–Trinajstić information content (AvgIpc) is 3.12. The third kappa shape index (κ3) is 8.74. The fourth-order valence-electron chi connectivity index (χ4n) is 3.41. The fourth-order valence-corrected chi connectivity index (χ4v) is 3.41. The van der Waals surface area contributed by atoms with Gasteiger partial charge >= 0.3 is 11.9 Å². The highest BCUT2D eigenvalue weighted by Gasteiger charge is 2.15. The van der Waals surface area contributed by atoms with Crippen molar-refractivity contribution >= 4 is 23.1 Å². The van der Waals surface area contributed by atoms with Gasteiger partial charge in [-0.2, -0.15) is 0 Å². The first-order valence-electron chi connectivity index (χ1n) is 10.8. The molecule has 2 aromatic heterocycles. The summed E-state index contributed by atoms with van der Waals surface area (Å²) in [7, 11) is 2.20. The molecule has 2 aromatic rings. The lowest BCUT2D eigenvalue weighted by atomic mass is 10.2. The first-order chi connectivity index (χ1) is 15.4. The minimum absolute atomic E-state index is 0.558. The number of aliphatic carboxylic acids is 2. The standard InChI is InChI=1S/C18H29N5O.C4H4O4/c1-3-24-15-14-23-17(20-16-6-4-8-19-18(16)23)7-5-9-22-12-10-21(2)11-13-22;5-3(6)1-2-4(7)8/h4,6,8H,3,5,7,9-15H2,1-2H3;1-2H,(H,5,6)(H,7,8)/b;2-1+. The van der Waals surface area contributed by atoms with Gasteiger partial charge in [-0.3, -0.25) is 0 Å². The van der Waals surface area contributed by atoms with Gasteiger partial charge in [0.05, 0.1) is 6.61 Å². The highest BCUT2D eigenvalue weighted by Crippen LogP contribution is 2.15. The number of rotatable bonds is 10. The van der Waals surface area contributed by atoms with Gasteiger partial charge in [-0.25, -0.2) is 19.6 Å². The van der Waals surface area contributed by atoms with E-state index in [1.807, 2.05) is 25.3 Å². The first-order valence-corrected chi connectivity index (χ1v) is 10.8. The van der Waals surface area contributed by atoms with E-state index in [0.717, 1.165) is 49.5 Å². The summed E-state index contributed by atoms with van der Waals surface area (Å²) in [6.07, 6.45) is 5.09. The van der Waals surface area contributed by atoms with E-state index in [1.165, 1.54) is 26.2 Å². The van der Waals surface area contributed by atoms with Crippen LogP contribution in [-0.2, 0) is 27.3 Å². The summed E-state index contributed by atoms with van der Waals surface area (Å²) < 4.78 is 7.76. The molecule has 1 saturated heterocycles. The van der Waals surface area contributed by atoms with Crippen LogP contribution in [0.3, 0.4) is 0 Å². The van der Waals surface area contributed by atoms with Crippen LogP contribution in [-0.4, -0.2) is 99.5 Å². The van der Waals surface area contributed by atoms with Crippen molar-refractivity contribution in [2.45, 2.75) is 26.3 Å². The molecule has 0 amide bonds. The van der Waals surface area contributed by atoms with E-state index in [4.69, 9.17) is 19.9 Å². The molecule has 0 bridgehead atoms. The van der Waals surface area contributed by atoms with Crippen molar-refractivity contribution in [2.24, 2.45) is 0 Å². The first kappa shape index (κ1) is 25.4. The number of pyridine rings is 1. The molecule has 10 heteroatoms. The molecule has 0 aromatic carbocycles. The Morgan fingerprint density at radius 2 is 1.81 bits per heavy atom. The monoisotopic (exact) mass is 447 g/mol. The van der Waals surface area contributed by atoms with E-state index in [9.17, 15) is 9.59 Å². The Bertz CT molecular complexity index is 874. The van der Waals surface area contributed by atoms with E-state index < -0.39 is 11.9 Å². The molecule has 32 heavy (non-hydrogen) atoms. The fraction of sp³-hybridized carbons (Fsp3) is 0.545. The zero-order valence-corrected chi connectivity index (χ0v) is 18.8. The van der Waals surface area contributed by atoms with Crippen LogP contribution in [0.2, 0.25) is 0 Å². The molecule has 0 aliphatic carbocycles. The maximum Gasteiger partial charge on any atom is 0.328 e. The number of carboxylic acids is 2. The van der Waals surface area contributed by atoms with Crippen molar-refractivity contribution in [3.05, 3.63) is 36.3 Å². The number of piperazine rings is 1. The summed E-state index contributed by atoms with van der Waals surface area (Å²) in [6, 6.07) is 4.00. The molecule has 0 unspecified atom stereocenters. The number of likely N-dealkylation sites (N-methyl/N-ethyl adjacent to an activating group) is 1. The van der Waals surface area contributed by atoms with Gasteiger partial charge in [0.15, 0.2) is 5.65 Å². The van der Waals surface area contributed by atoms with E-state index in [-0.39, 0.29) is 0 Å². The Morgan fingerprint density at radius 3 is 2.44 bits per heavy atom. The molecule has 2 N–H and O–H groups in total. The van der Waals surface area contributed by atoms with Gasteiger partial charge in [-0.05, 0) is 39.1 Å². The quantitative estimate of drug-likeness (QED) is 0.411. The molecular weight excluding hydrogens is 414 g/mol. The number of nitrogens with zero attached hydrogens (tertiary/aromatic N) is 5. The molecule has 1 aliphatic heterocycles. The van der Waals surface area contributed by atoms with Gasteiger partial charge in [-0.1, -0.05) is 0 Å². The van der Waals surface area contributed by atoms with Crippen LogP contribution < -0.4 is 0 Å². The topological polar surface area (TPSA) is 121 Å². The Labute approximate surface area is 188 Å². The summed E-state index contributed by atoms with van der Waals surface area (Å²) in [6.45, 7) is 10.2. The van der Waals surface area contributed by atoms with Crippen molar-refractivity contribution in [1.82, 2.24) is 24.3 Å². The maximum absolute atomic E-state index is 9.55. The number of carboxylic acid groups (broad SMARTS) is 2. The lowest BCUT2D eigenvalue weighted by molar-refractivity contribution is -0.134. The largest absolute Gasteiger partial charge is 0.478 e. The van der Waals surface area contributed by atoms with E-state index >= 15 is 0 Å². The van der Waals surface area contributed by atoms with Crippen LogP contribution in [0, 0.1) is 0 Å². The number of ether oxygens (including phenoxy) is 1. The Hall–Kier alpha value is -2.82. The van der Waals surface area contributed by atoms with E-state index in [1.54, 1.807) is 0 Å². The molecule has 3 rings (SSSR count). The summed E-state index contributed by atoms with van der Waals surface area (Å²) in [4.78, 5) is 33.4. The Balaban J connectivity index is 0.000000390. The van der Waals surface area contributed by atoms with Crippen molar-refractivity contribution in [1.29, 1.82) is 0 Å². The number of carbonyl (C=O) groups is 2. The molecule has 0 spiro atoms. The summed E-state index contributed by atoms with van der Waals surface area (Å²) >= 11 is 0. The zero-order valence-electron chi connectivity index (χ0n) is 18.8. The lowest BCUT2D eigenvalue weighted by Gasteiger charge is -2.32. The smallest absolute Gasteiger partial charge is 0.328 e. The van der Waals surface area contributed by atoms with E-state index in [2.05, 4.69) is 26.4 Å². The number of aryl methyl sites for hydroxylation is 1. The van der Waals surface area contributed by atoms with Gasteiger partial charge in [-0.15, -0.1) is 0 Å². The number of hydrogen-bond acceptors (Lipinski definition) is 7. The van der Waals surface area contributed by atoms with Crippen LogP contribution >= 0.6 is 0 Å². The molecule has 176 valence electrons. The molecular formula is C22H33N5O5. The third-order valence-electron chi connectivity index (χ3n) is 5.09. The van der Waals surface area contributed by atoms with Gasteiger partial charge in [0.25, 0.3) is 0 Å². The number of fused-ring (bicyclic) bond motifs is 1. The molecule has 0 saturated carbocycles. The predicted octanol–water partition coefficient (Wildman–Crippen LogP) is 1.36. The number of hydrogen-bond donors (Lipinski definition) is 2. The van der Waals surface area contributed by atoms with Gasteiger partial charge in [0.1, 0.15) is 11.3 Å². The highest BCUT2D eigenvalue weighted by molar-refractivity contribution is 5.89. The van der Waals surface area contributed by atoms with Crippen LogP contribution in [0.25, 0.3) is 11.2 Å². The summed E-state index contributed by atoms with van der Waals surface area (Å²) in [5.74, 6) is -1.38. The second-order valence-electron chi connectivity index (χ2n) is 7.48. The third-order valence-corrected chi connectivity index (χ3v) is 5.09. The van der Waals surface area contributed by atoms with Crippen molar-refractivity contribution < 1.29 is 24.5 Å². The van der Waals surface area contributed by atoms with Crippen LogP contribution in [0.5, 0.6) is 0 Å². The van der Waals surface area contributed by atoms with Crippen LogP contribution in [0.4, 0.5) is 0 Å². The predicted molar refractivity (Wildman–Crippen MR) is 121 cm³/mol. The lowest BCUT2D eigenvalue weighted by Crippen LogP contribution is -2.44. The molecule has 1 fully saturated rings. The zero-order chi connectivity index (χ0) is 23.3. The van der Waals surface area contributed by atoms with Crippen LogP contribution in [0.15, 0.2) is 30.5 Å². The average molecular weight is 448 g/mol. The SMILES string of the molecule is CCOCCn1c(CCCN2CCN(C)CC2)nc2cccnc21.O=C(O)/C=C/C(=O)O. The molecule has 10 nitrogen and oxygen atoms in total. The molecule has 0 radical (unpaired) electrons. The summed E-state index contributed by atoms with van der Waals surface area (Å²) in [5.41, 5.74) is 1.97. The van der Waals surface area contributed by atoms with E-state index in [0.29, 0.717) is 18.8 Å². The van der Waals surface area contributed by atoms with Crippen molar-refractivity contribution in [3.63, 3.8) is 0 Å². The van der Waals surface area contributed by atoms with Gasteiger partial charge < -0.3 is 29.3 Å². The Kier molecular flexibility index (Phi) is 10.8. The molecule has 0 atom stereocenters. The Morgan fingerprint density at radius 1 is 1.12 bits per heavy atom. The minimum atomic E-state index is -1.26. The van der Waals surface area contributed by atoms with Gasteiger partial charge in [0.2, 0.25) is 0 Å².